The van der Waals surface area contributed by atoms with Crippen LogP contribution in [0.25, 0.3) is 11.3 Å². The minimum absolute atomic E-state index is 0.115. The van der Waals surface area contributed by atoms with Gasteiger partial charge in [-0.2, -0.15) is 0 Å². The number of aliphatic hydroxyl groups excluding tert-OH is 2. The zero-order valence-electron chi connectivity index (χ0n) is 17.2. The van der Waals surface area contributed by atoms with E-state index in [0.29, 0.717) is 11.4 Å². The van der Waals surface area contributed by atoms with Gasteiger partial charge in [0.1, 0.15) is 18.3 Å². The Hall–Kier alpha value is -2.76. The molecule has 0 spiro atoms. The molecule has 12 heteroatoms. The highest BCUT2D eigenvalue weighted by Gasteiger charge is 2.44. The van der Waals surface area contributed by atoms with Crippen LogP contribution in [-0.4, -0.2) is 59.0 Å². The molecule has 0 amide bonds. The fraction of sp³-hybridized carbons (Fsp3) is 0.286. The summed E-state index contributed by atoms with van der Waals surface area (Å²) >= 11 is 0. The van der Waals surface area contributed by atoms with E-state index in [4.69, 9.17) is 14.5 Å². The quantitative estimate of drug-likeness (QED) is 0.345. The maximum absolute atomic E-state index is 13.1. The lowest BCUT2D eigenvalue weighted by molar-refractivity contribution is -0.0531. The van der Waals surface area contributed by atoms with Crippen LogP contribution in [0.1, 0.15) is 11.9 Å². The maximum atomic E-state index is 13.1. The largest absolute Gasteiger partial charge is 0.387 e. The summed E-state index contributed by atoms with van der Waals surface area (Å²) in [7, 11) is -2.68. The smallest absolute Gasteiger partial charge is 0.333 e. The minimum atomic E-state index is -2.68. The molecule has 33 heavy (non-hydrogen) atoms. The minimum Gasteiger partial charge on any atom is -0.387 e. The number of ether oxygens (including phenoxy) is 1. The van der Waals surface area contributed by atoms with Crippen LogP contribution in [-0.2, 0) is 15.8 Å². The lowest BCUT2D eigenvalue weighted by Crippen LogP contribution is -2.43. The van der Waals surface area contributed by atoms with Crippen molar-refractivity contribution in [3.05, 3.63) is 87.3 Å². The summed E-state index contributed by atoms with van der Waals surface area (Å²) in [4.78, 5) is 47.8. The first kappa shape index (κ1) is 23.4. The molecule has 0 radical (unpaired) electrons. The molecule has 4 atom stereocenters. The summed E-state index contributed by atoms with van der Waals surface area (Å²) < 4.78 is 12.1. The normalized spacial score (nSPS) is 22.7. The van der Waals surface area contributed by atoms with Crippen LogP contribution in [0, 0.1) is 0 Å². The van der Waals surface area contributed by atoms with Gasteiger partial charge >= 0.3 is 14.3 Å². The number of hydrogen-bond acceptors (Lipinski definition) is 9. The molecule has 0 bridgehead atoms. The summed E-state index contributed by atoms with van der Waals surface area (Å²) in [5.74, 6) is 0. The van der Waals surface area contributed by atoms with Gasteiger partial charge in [0.25, 0.3) is 5.56 Å². The van der Waals surface area contributed by atoms with Crippen LogP contribution < -0.4 is 11.2 Å². The Kier molecular flexibility index (Phi) is 7.11. The van der Waals surface area contributed by atoms with Crippen molar-refractivity contribution in [2.45, 2.75) is 31.1 Å². The molecule has 4 N–H and O–H groups in total. The predicted octanol–water partition coefficient (Wildman–Crippen LogP) is -0.0324. The van der Waals surface area contributed by atoms with Crippen LogP contribution in [0.15, 0.2) is 70.4 Å². The van der Waals surface area contributed by atoms with E-state index in [2.05, 4.69) is 9.51 Å². The Morgan fingerprint density at radius 3 is 2.48 bits per heavy atom. The fourth-order valence-electron chi connectivity index (χ4n) is 3.61. The molecule has 3 heterocycles. The molecular formula is C21H22N3O8P. The monoisotopic (exact) mass is 475 g/mol. The number of benzene rings is 1. The summed E-state index contributed by atoms with van der Waals surface area (Å²) in [6, 6.07) is 15.9. The molecule has 11 nitrogen and oxygen atoms in total. The Labute approximate surface area is 188 Å². The molecule has 1 aromatic carbocycles. The SMILES string of the molecule is O=c1ccn(C2OC(COP(O)O)C(O)C2O)c(=O)n1Cc1cccc(-c2ccccc2)n1. The molecule has 2 aromatic heterocycles. The second-order valence-corrected chi connectivity index (χ2v) is 8.17. The molecule has 0 saturated carbocycles. The van der Waals surface area contributed by atoms with E-state index in [9.17, 15) is 19.8 Å². The fourth-order valence-corrected chi connectivity index (χ4v) is 3.89. The van der Waals surface area contributed by atoms with E-state index in [1.54, 1.807) is 12.1 Å². The topological polar surface area (TPSA) is 156 Å². The van der Waals surface area contributed by atoms with E-state index in [1.165, 1.54) is 6.20 Å². The number of rotatable bonds is 7. The van der Waals surface area contributed by atoms with Crippen molar-refractivity contribution in [2.24, 2.45) is 0 Å². The van der Waals surface area contributed by atoms with Crippen molar-refractivity contribution in [1.29, 1.82) is 0 Å². The van der Waals surface area contributed by atoms with Gasteiger partial charge in [-0.05, 0) is 12.1 Å². The van der Waals surface area contributed by atoms with Gasteiger partial charge in [-0.1, -0.05) is 36.4 Å². The summed E-state index contributed by atoms with van der Waals surface area (Å²) in [6.07, 6.45) is -4.19. The van der Waals surface area contributed by atoms with Crippen molar-refractivity contribution in [3.63, 3.8) is 0 Å². The van der Waals surface area contributed by atoms with Crippen molar-refractivity contribution in [2.75, 3.05) is 6.61 Å². The molecule has 4 rings (SSSR count). The number of hydrogen-bond donors (Lipinski definition) is 4. The van der Waals surface area contributed by atoms with Crippen molar-refractivity contribution >= 4 is 8.60 Å². The lowest BCUT2D eigenvalue weighted by Gasteiger charge is -2.18. The summed E-state index contributed by atoms with van der Waals surface area (Å²) in [5, 5.41) is 20.6. The van der Waals surface area contributed by atoms with Crippen molar-refractivity contribution in [3.8, 4) is 11.3 Å². The highest BCUT2D eigenvalue weighted by Crippen LogP contribution is 2.32. The molecule has 1 saturated heterocycles. The molecule has 1 aliphatic heterocycles. The first-order valence-corrected chi connectivity index (χ1v) is 11.2. The predicted molar refractivity (Wildman–Crippen MR) is 117 cm³/mol. The van der Waals surface area contributed by atoms with Crippen LogP contribution in [0.3, 0.4) is 0 Å². The summed E-state index contributed by atoms with van der Waals surface area (Å²) in [6.45, 7) is -0.519. The van der Waals surface area contributed by atoms with Crippen molar-refractivity contribution < 1.29 is 29.3 Å². The average Bonchev–Trinajstić information content (AvgIpc) is 3.10. The zero-order valence-corrected chi connectivity index (χ0v) is 18.1. The molecule has 1 fully saturated rings. The van der Waals surface area contributed by atoms with Gasteiger partial charge < -0.3 is 29.3 Å². The lowest BCUT2D eigenvalue weighted by atomic mass is 10.1. The Balaban J connectivity index is 1.61. The van der Waals surface area contributed by atoms with E-state index in [1.807, 2.05) is 36.4 Å². The van der Waals surface area contributed by atoms with E-state index in [0.717, 1.165) is 20.8 Å². The molecule has 1 aliphatic rings. The first-order valence-electron chi connectivity index (χ1n) is 10.0. The number of nitrogens with zero attached hydrogens (tertiary/aromatic N) is 3. The van der Waals surface area contributed by atoms with Gasteiger partial charge in [0.2, 0.25) is 0 Å². The van der Waals surface area contributed by atoms with Crippen molar-refractivity contribution in [1.82, 2.24) is 14.1 Å². The number of aliphatic hydroxyl groups is 2. The van der Waals surface area contributed by atoms with E-state index < -0.39 is 51.0 Å². The van der Waals surface area contributed by atoms with Crippen LogP contribution in [0.2, 0.25) is 0 Å². The van der Waals surface area contributed by atoms with Crippen LogP contribution in [0.4, 0.5) is 0 Å². The van der Waals surface area contributed by atoms with Gasteiger partial charge in [0.05, 0.1) is 24.5 Å². The Bertz CT molecular complexity index is 1220. The number of aromatic nitrogens is 3. The van der Waals surface area contributed by atoms with Gasteiger partial charge in [-0.3, -0.25) is 18.9 Å². The maximum Gasteiger partial charge on any atom is 0.333 e. The highest BCUT2D eigenvalue weighted by atomic mass is 31.2. The highest BCUT2D eigenvalue weighted by molar-refractivity contribution is 7.39. The third-order valence-electron chi connectivity index (χ3n) is 5.26. The Morgan fingerprint density at radius 2 is 1.76 bits per heavy atom. The molecule has 0 aliphatic carbocycles. The van der Waals surface area contributed by atoms with Gasteiger partial charge in [0, 0.05) is 17.8 Å². The Morgan fingerprint density at radius 1 is 1.00 bits per heavy atom. The second-order valence-electron chi connectivity index (χ2n) is 7.40. The van der Waals surface area contributed by atoms with E-state index >= 15 is 0 Å². The zero-order chi connectivity index (χ0) is 23.5. The van der Waals surface area contributed by atoms with E-state index in [-0.39, 0.29) is 6.54 Å². The third kappa shape index (κ3) is 5.10. The first-order chi connectivity index (χ1) is 15.8. The van der Waals surface area contributed by atoms with Crippen LogP contribution in [0.5, 0.6) is 0 Å². The second kappa shape index (κ2) is 10.0. The molecule has 3 aromatic rings. The molecule has 4 unspecified atom stereocenters. The molecule has 174 valence electrons. The average molecular weight is 475 g/mol. The third-order valence-corrected chi connectivity index (χ3v) is 5.64. The van der Waals surface area contributed by atoms with Gasteiger partial charge in [-0.25, -0.2) is 4.79 Å². The standard InChI is InChI=1S/C21H22N3O8P/c25-17-9-10-23(20-19(27)18(26)16(32-20)12-31-33(29)30)21(28)24(17)11-14-7-4-8-15(22-14)13-5-2-1-3-6-13/h1-10,16,18-20,26-27,29-30H,11-12H2. The van der Waals surface area contributed by atoms with Gasteiger partial charge in [0.15, 0.2) is 6.23 Å². The molecular weight excluding hydrogens is 453 g/mol. The summed E-state index contributed by atoms with van der Waals surface area (Å²) in [5.41, 5.74) is 0.717. The van der Waals surface area contributed by atoms with Crippen LogP contribution >= 0.6 is 8.60 Å². The number of pyridine rings is 1. The van der Waals surface area contributed by atoms with Gasteiger partial charge in [-0.15, -0.1) is 0 Å².